The molecule has 2 atom stereocenters. The maximum atomic E-state index is 13.2. The van der Waals surface area contributed by atoms with E-state index < -0.39 is 11.8 Å². The zero-order valence-electron chi connectivity index (χ0n) is 17.5. The lowest BCUT2D eigenvalue weighted by Gasteiger charge is -2.28. The molecule has 7 nitrogen and oxygen atoms in total. The first-order valence-electron chi connectivity index (χ1n) is 10.3. The lowest BCUT2D eigenvalue weighted by atomic mass is 9.86. The number of thiophene rings is 1. The third-order valence-corrected chi connectivity index (χ3v) is 6.95. The van der Waals surface area contributed by atoms with E-state index in [0.717, 1.165) is 5.56 Å². The Balaban J connectivity index is 1.59. The van der Waals surface area contributed by atoms with Gasteiger partial charge in [0.1, 0.15) is 12.2 Å². The van der Waals surface area contributed by atoms with Crippen LogP contribution in [-0.4, -0.2) is 26.6 Å². The summed E-state index contributed by atoms with van der Waals surface area (Å²) in [7, 11) is 0. The number of carbonyl (C=O) groups is 2. The molecule has 4 heterocycles. The lowest BCUT2D eigenvalue weighted by molar-refractivity contribution is -0.134. The van der Waals surface area contributed by atoms with Gasteiger partial charge in [0.15, 0.2) is 11.5 Å². The molecule has 34 heavy (non-hydrogen) atoms. The largest absolute Gasteiger partial charge is 0.436 e. The number of halogens is 1. The fourth-order valence-corrected chi connectivity index (χ4v) is 5.17. The summed E-state index contributed by atoms with van der Waals surface area (Å²) in [6, 6.07) is 10.4. The van der Waals surface area contributed by atoms with Crippen LogP contribution in [0.3, 0.4) is 0 Å². The van der Waals surface area contributed by atoms with E-state index in [1.165, 1.54) is 30.1 Å². The molecule has 1 aromatic carbocycles. The Morgan fingerprint density at radius 3 is 2.62 bits per heavy atom. The van der Waals surface area contributed by atoms with Crippen molar-refractivity contribution in [1.29, 1.82) is 0 Å². The van der Waals surface area contributed by atoms with Gasteiger partial charge in [0.25, 0.3) is 0 Å². The van der Waals surface area contributed by atoms with Crippen LogP contribution in [0, 0.1) is 0 Å². The molecule has 0 saturated carbocycles. The molecular formula is C24H17ClN4O3S2. The molecule has 1 aliphatic rings. The summed E-state index contributed by atoms with van der Waals surface area (Å²) in [6.07, 6.45) is 4.51. The summed E-state index contributed by atoms with van der Waals surface area (Å²) in [4.78, 5) is 39.2. The second-order valence-electron chi connectivity index (χ2n) is 7.62. The number of amides is 1. The molecule has 1 aliphatic heterocycles. The van der Waals surface area contributed by atoms with Gasteiger partial charge in [-0.3, -0.25) is 9.59 Å². The van der Waals surface area contributed by atoms with Crippen molar-refractivity contribution in [3.05, 3.63) is 82.2 Å². The summed E-state index contributed by atoms with van der Waals surface area (Å²) in [5, 5.41) is 7.27. The molecule has 1 saturated heterocycles. The number of hydrogen-bond donors (Lipinski definition) is 2. The molecule has 5 rings (SSSR count). The van der Waals surface area contributed by atoms with Crippen LogP contribution in [0.15, 0.2) is 70.8 Å². The summed E-state index contributed by atoms with van der Waals surface area (Å²) in [5.41, 5.74) is 2.37. The predicted octanol–water partition coefficient (Wildman–Crippen LogP) is 5.25. The molecule has 1 amide bonds. The number of hydrogen-bond acceptors (Lipinski definition) is 8. The van der Waals surface area contributed by atoms with Crippen LogP contribution in [0.1, 0.15) is 29.6 Å². The average Bonchev–Trinajstić information content (AvgIpc) is 3.37. The van der Waals surface area contributed by atoms with Gasteiger partial charge in [-0.05, 0) is 28.5 Å². The molecule has 10 heteroatoms. The summed E-state index contributed by atoms with van der Waals surface area (Å²) < 4.78 is 5.86. The Morgan fingerprint density at radius 2 is 1.91 bits per heavy atom. The van der Waals surface area contributed by atoms with E-state index in [-0.39, 0.29) is 29.8 Å². The number of thiol groups is 1. The Morgan fingerprint density at radius 1 is 1.12 bits per heavy atom. The number of carbonyl (C=O) groups excluding carboxylic acids is 2. The van der Waals surface area contributed by atoms with E-state index >= 15 is 0 Å². The number of aromatic nitrogens is 3. The molecule has 4 aromatic rings. The van der Waals surface area contributed by atoms with Gasteiger partial charge in [-0.2, -0.15) is 11.3 Å². The van der Waals surface area contributed by atoms with Gasteiger partial charge in [-0.1, -0.05) is 29.8 Å². The average molecular weight is 509 g/mol. The first-order chi connectivity index (χ1) is 16.5. The van der Waals surface area contributed by atoms with Crippen molar-refractivity contribution in [2.75, 3.05) is 0 Å². The first-order valence-corrected chi connectivity index (χ1v) is 12.0. The zero-order chi connectivity index (χ0) is 23.7. The normalized spacial score (nSPS) is 17.9. The Kier molecular flexibility index (Phi) is 6.32. The van der Waals surface area contributed by atoms with Crippen molar-refractivity contribution in [2.24, 2.45) is 0 Å². The molecule has 0 spiro atoms. The minimum absolute atomic E-state index is 0.154. The lowest BCUT2D eigenvalue weighted by Crippen LogP contribution is -2.43. The highest BCUT2D eigenvalue weighted by atomic mass is 35.5. The summed E-state index contributed by atoms with van der Waals surface area (Å²) in [6.45, 7) is 0. The number of rotatable bonds is 5. The van der Waals surface area contributed by atoms with Gasteiger partial charge in [0, 0.05) is 33.5 Å². The number of ketones is 1. The van der Waals surface area contributed by atoms with Crippen LogP contribution in [0.25, 0.3) is 11.1 Å². The van der Waals surface area contributed by atoms with Crippen molar-refractivity contribution in [3.63, 3.8) is 0 Å². The Labute approximate surface area is 209 Å². The fourth-order valence-electron chi connectivity index (χ4n) is 3.85. The van der Waals surface area contributed by atoms with Gasteiger partial charge in [-0.15, -0.1) is 12.6 Å². The topological polar surface area (TPSA) is 94.1 Å². The number of pyridine rings is 1. The molecule has 0 radical (unpaired) electrons. The van der Waals surface area contributed by atoms with Crippen molar-refractivity contribution >= 4 is 47.3 Å². The van der Waals surface area contributed by atoms with Crippen LogP contribution >= 0.6 is 35.6 Å². The third-order valence-electron chi connectivity index (χ3n) is 5.44. The number of piperidine rings is 1. The van der Waals surface area contributed by atoms with Crippen LogP contribution in [0.2, 0.25) is 5.02 Å². The van der Waals surface area contributed by atoms with E-state index in [0.29, 0.717) is 26.8 Å². The van der Waals surface area contributed by atoms with Crippen LogP contribution in [-0.2, 0) is 9.59 Å². The first kappa shape index (κ1) is 22.5. The van der Waals surface area contributed by atoms with E-state index in [9.17, 15) is 9.59 Å². The molecule has 3 aromatic heterocycles. The fraction of sp³-hybridized carbons (Fsp3) is 0.125. The molecular weight excluding hydrogens is 492 g/mol. The zero-order valence-corrected chi connectivity index (χ0v) is 20.0. The van der Waals surface area contributed by atoms with Crippen molar-refractivity contribution in [2.45, 2.75) is 23.3 Å². The molecule has 0 aliphatic carbocycles. The van der Waals surface area contributed by atoms with Gasteiger partial charge in [-0.25, -0.2) is 15.0 Å². The quantitative estimate of drug-likeness (QED) is 0.282. The monoisotopic (exact) mass is 508 g/mol. The van der Waals surface area contributed by atoms with Crippen molar-refractivity contribution < 1.29 is 14.3 Å². The maximum absolute atomic E-state index is 13.2. The minimum Gasteiger partial charge on any atom is -0.436 e. The molecule has 1 N–H and O–H groups in total. The van der Waals surface area contributed by atoms with Gasteiger partial charge >= 0.3 is 0 Å². The van der Waals surface area contributed by atoms with E-state index in [1.54, 1.807) is 12.1 Å². The smallest absolute Gasteiger partial charge is 0.237 e. The Hall–Kier alpha value is -3.27. The van der Waals surface area contributed by atoms with Gasteiger partial charge in [0.2, 0.25) is 11.8 Å². The van der Waals surface area contributed by atoms with Crippen LogP contribution in [0.4, 0.5) is 0 Å². The van der Waals surface area contributed by atoms with Crippen LogP contribution in [0.5, 0.6) is 11.6 Å². The highest BCUT2D eigenvalue weighted by Gasteiger charge is 2.39. The van der Waals surface area contributed by atoms with Gasteiger partial charge in [0.05, 0.1) is 24.1 Å². The standard InChI is InChI=1S/C24H17ClN4O3S2/c25-17-4-2-1-3-15(17)16-7-20(32-14-9-26-12-27-10-14)29-22(23(16)33)21-19(30)8-18(28-24(21)31)13-5-6-34-11-13/h1-7,9-12,18,21,33H,8H2,(H,28,31). The SMILES string of the molecule is O=C1CC(c2ccsc2)NC(=O)C1c1nc(Oc2cncnc2)cc(-c2ccccc2Cl)c1S. The molecule has 170 valence electrons. The number of ether oxygens (including phenoxy) is 1. The number of Topliss-reactive ketones (excluding diaryl/α,β-unsaturated/α-hetero) is 1. The highest BCUT2D eigenvalue weighted by Crippen LogP contribution is 2.40. The third kappa shape index (κ3) is 4.42. The highest BCUT2D eigenvalue weighted by molar-refractivity contribution is 7.80. The Bertz CT molecular complexity index is 1350. The van der Waals surface area contributed by atoms with E-state index in [2.05, 4.69) is 32.9 Å². The van der Waals surface area contributed by atoms with E-state index in [4.69, 9.17) is 16.3 Å². The predicted molar refractivity (Wildman–Crippen MR) is 132 cm³/mol. The summed E-state index contributed by atoms with van der Waals surface area (Å²) >= 11 is 12.7. The molecule has 2 unspecified atom stereocenters. The van der Waals surface area contributed by atoms with Crippen LogP contribution < -0.4 is 10.1 Å². The summed E-state index contributed by atoms with van der Waals surface area (Å²) in [5.74, 6) is -1.28. The number of benzene rings is 1. The number of nitrogens with one attached hydrogen (secondary N) is 1. The second kappa shape index (κ2) is 9.54. The van der Waals surface area contributed by atoms with E-state index in [1.807, 2.05) is 35.0 Å². The maximum Gasteiger partial charge on any atom is 0.237 e. The number of nitrogens with zero attached hydrogens (tertiary/aromatic N) is 3. The molecule has 1 fully saturated rings. The molecule has 0 bridgehead atoms. The minimum atomic E-state index is -1.13. The van der Waals surface area contributed by atoms with Crippen molar-refractivity contribution in [1.82, 2.24) is 20.3 Å². The second-order valence-corrected chi connectivity index (χ2v) is 9.25. The van der Waals surface area contributed by atoms with Gasteiger partial charge < -0.3 is 10.1 Å². The van der Waals surface area contributed by atoms with Crippen molar-refractivity contribution in [3.8, 4) is 22.8 Å².